The highest BCUT2D eigenvalue weighted by atomic mass is 35.5. The van der Waals surface area contributed by atoms with Gasteiger partial charge in [-0.2, -0.15) is 0 Å². The SMILES string of the molecule is CN1CCC[C@H]1COc1ccc(CO)nc1.Cl.Cl. The van der Waals surface area contributed by atoms with Gasteiger partial charge in [0.1, 0.15) is 12.4 Å². The molecular formula is C12H20Cl2N2O2. The van der Waals surface area contributed by atoms with Crippen LogP contribution in [-0.4, -0.2) is 41.2 Å². The van der Waals surface area contributed by atoms with E-state index in [9.17, 15) is 0 Å². The molecule has 0 unspecified atom stereocenters. The Morgan fingerprint density at radius 1 is 1.44 bits per heavy atom. The van der Waals surface area contributed by atoms with E-state index in [-0.39, 0.29) is 31.4 Å². The predicted octanol–water partition coefficient (Wildman–Crippen LogP) is 1.89. The fourth-order valence-electron chi connectivity index (χ4n) is 1.97. The minimum atomic E-state index is -0.0222. The molecule has 1 aromatic rings. The summed E-state index contributed by atoms with van der Waals surface area (Å²) < 4.78 is 5.67. The van der Waals surface area contributed by atoms with Crippen LogP contribution in [0.1, 0.15) is 18.5 Å². The highest BCUT2D eigenvalue weighted by Gasteiger charge is 2.21. The number of ether oxygens (including phenoxy) is 1. The summed E-state index contributed by atoms with van der Waals surface area (Å²) in [6.07, 6.45) is 4.13. The second-order valence-electron chi connectivity index (χ2n) is 4.23. The molecule has 6 heteroatoms. The molecule has 0 aromatic carbocycles. The van der Waals surface area contributed by atoms with Crippen molar-refractivity contribution in [3.8, 4) is 5.75 Å². The molecule has 0 bridgehead atoms. The van der Waals surface area contributed by atoms with Crippen molar-refractivity contribution in [2.24, 2.45) is 0 Å². The smallest absolute Gasteiger partial charge is 0.137 e. The Morgan fingerprint density at radius 2 is 2.22 bits per heavy atom. The van der Waals surface area contributed by atoms with Crippen molar-refractivity contribution in [2.75, 3.05) is 20.2 Å². The number of aliphatic hydroxyl groups excluding tert-OH is 1. The van der Waals surface area contributed by atoms with E-state index in [0.717, 1.165) is 18.9 Å². The Balaban J connectivity index is 0.00000144. The van der Waals surface area contributed by atoms with Crippen LogP contribution in [0.3, 0.4) is 0 Å². The Bertz CT molecular complexity index is 335. The first kappa shape index (κ1) is 17.4. The van der Waals surface area contributed by atoms with Gasteiger partial charge in [-0.25, -0.2) is 0 Å². The molecule has 0 aliphatic carbocycles. The summed E-state index contributed by atoms with van der Waals surface area (Å²) in [5.41, 5.74) is 0.672. The molecule has 0 saturated carbocycles. The lowest BCUT2D eigenvalue weighted by Gasteiger charge is -2.19. The summed E-state index contributed by atoms with van der Waals surface area (Å²) in [7, 11) is 2.13. The van der Waals surface area contributed by atoms with E-state index in [1.54, 1.807) is 12.3 Å². The average Bonchev–Trinajstić information content (AvgIpc) is 2.73. The molecular weight excluding hydrogens is 275 g/mol. The van der Waals surface area contributed by atoms with Gasteiger partial charge < -0.3 is 14.7 Å². The molecule has 104 valence electrons. The number of likely N-dealkylation sites (N-methyl/N-ethyl adjacent to an activating group) is 1. The number of aliphatic hydroxyl groups is 1. The van der Waals surface area contributed by atoms with Crippen molar-refractivity contribution in [2.45, 2.75) is 25.5 Å². The van der Waals surface area contributed by atoms with Gasteiger partial charge in [0.25, 0.3) is 0 Å². The molecule has 2 heterocycles. The van der Waals surface area contributed by atoms with Crippen LogP contribution in [0.2, 0.25) is 0 Å². The van der Waals surface area contributed by atoms with Gasteiger partial charge in [-0.3, -0.25) is 4.98 Å². The van der Waals surface area contributed by atoms with E-state index in [4.69, 9.17) is 9.84 Å². The number of halogens is 2. The van der Waals surface area contributed by atoms with Gasteiger partial charge in [0.2, 0.25) is 0 Å². The summed E-state index contributed by atoms with van der Waals surface area (Å²) in [6, 6.07) is 4.17. The molecule has 1 fully saturated rings. The summed E-state index contributed by atoms with van der Waals surface area (Å²) in [6.45, 7) is 1.86. The third kappa shape index (κ3) is 4.61. The normalized spacial score (nSPS) is 18.9. The molecule has 0 spiro atoms. The summed E-state index contributed by atoms with van der Waals surface area (Å²) in [4.78, 5) is 6.40. The number of nitrogens with zero attached hydrogens (tertiary/aromatic N) is 2. The number of aromatic nitrogens is 1. The maximum atomic E-state index is 8.86. The Labute approximate surface area is 120 Å². The standard InChI is InChI=1S/C12H18N2O2.2ClH/c1-14-6-2-3-11(14)9-16-12-5-4-10(8-15)13-7-12;;/h4-5,7,11,15H,2-3,6,8-9H2,1H3;2*1H/t11-;;/m0../s1. The summed E-state index contributed by atoms with van der Waals surface area (Å²) in [5.74, 6) is 0.775. The minimum absolute atomic E-state index is 0. The maximum Gasteiger partial charge on any atom is 0.137 e. The lowest BCUT2D eigenvalue weighted by Crippen LogP contribution is -2.30. The third-order valence-corrected chi connectivity index (χ3v) is 3.07. The average molecular weight is 295 g/mol. The van der Waals surface area contributed by atoms with Crippen molar-refractivity contribution in [1.29, 1.82) is 0 Å². The van der Waals surface area contributed by atoms with Crippen LogP contribution in [0.4, 0.5) is 0 Å². The second-order valence-corrected chi connectivity index (χ2v) is 4.23. The molecule has 2 rings (SSSR count). The third-order valence-electron chi connectivity index (χ3n) is 3.07. The number of hydrogen-bond donors (Lipinski definition) is 1. The van der Waals surface area contributed by atoms with Crippen LogP contribution in [0.5, 0.6) is 5.75 Å². The molecule has 18 heavy (non-hydrogen) atoms. The van der Waals surface area contributed by atoms with Crippen molar-refractivity contribution in [1.82, 2.24) is 9.88 Å². The highest BCUT2D eigenvalue weighted by molar-refractivity contribution is 5.85. The molecule has 4 nitrogen and oxygen atoms in total. The zero-order valence-electron chi connectivity index (χ0n) is 10.4. The topological polar surface area (TPSA) is 45.6 Å². The molecule has 1 aliphatic heterocycles. The van der Waals surface area contributed by atoms with Gasteiger partial charge in [0.05, 0.1) is 18.5 Å². The maximum absolute atomic E-state index is 8.86. The van der Waals surface area contributed by atoms with E-state index in [0.29, 0.717) is 11.7 Å². The van der Waals surface area contributed by atoms with Gasteiger partial charge in [-0.05, 0) is 38.6 Å². The second kappa shape index (κ2) is 8.53. The van der Waals surface area contributed by atoms with Crippen LogP contribution in [0.15, 0.2) is 18.3 Å². The minimum Gasteiger partial charge on any atom is -0.490 e. The van der Waals surface area contributed by atoms with E-state index in [1.165, 1.54) is 12.8 Å². The summed E-state index contributed by atoms with van der Waals surface area (Å²) >= 11 is 0. The van der Waals surface area contributed by atoms with Crippen LogP contribution in [-0.2, 0) is 6.61 Å². The highest BCUT2D eigenvalue weighted by Crippen LogP contribution is 2.17. The number of hydrogen-bond acceptors (Lipinski definition) is 4. The van der Waals surface area contributed by atoms with Crippen LogP contribution < -0.4 is 4.74 Å². The molecule has 0 amide bonds. The largest absolute Gasteiger partial charge is 0.490 e. The first-order chi connectivity index (χ1) is 7.79. The van der Waals surface area contributed by atoms with Gasteiger partial charge in [-0.1, -0.05) is 0 Å². The zero-order valence-corrected chi connectivity index (χ0v) is 12.0. The van der Waals surface area contributed by atoms with Crippen LogP contribution in [0.25, 0.3) is 0 Å². The monoisotopic (exact) mass is 294 g/mol. The first-order valence-corrected chi connectivity index (χ1v) is 5.68. The Morgan fingerprint density at radius 3 is 2.72 bits per heavy atom. The predicted molar refractivity (Wildman–Crippen MR) is 75.8 cm³/mol. The first-order valence-electron chi connectivity index (χ1n) is 5.68. The number of rotatable bonds is 4. The molecule has 1 aromatic heterocycles. The van der Waals surface area contributed by atoms with Gasteiger partial charge in [0, 0.05) is 6.04 Å². The zero-order chi connectivity index (χ0) is 11.4. The number of pyridine rings is 1. The van der Waals surface area contributed by atoms with Crippen LogP contribution >= 0.6 is 24.8 Å². The fourth-order valence-corrected chi connectivity index (χ4v) is 1.97. The van der Waals surface area contributed by atoms with Gasteiger partial charge in [0.15, 0.2) is 0 Å². The van der Waals surface area contributed by atoms with Crippen molar-refractivity contribution in [3.05, 3.63) is 24.0 Å². The van der Waals surface area contributed by atoms with Crippen molar-refractivity contribution in [3.63, 3.8) is 0 Å². The summed E-state index contributed by atoms with van der Waals surface area (Å²) in [5, 5.41) is 8.86. The van der Waals surface area contributed by atoms with E-state index >= 15 is 0 Å². The van der Waals surface area contributed by atoms with E-state index in [1.807, 2.05) is 6.07 Å². The Kier molecular flexibility index (Phi) is 8.27. The molecule has 1 atom stereocenters. The fraction of sp³-hybridized carbons (Fsp3) is 0.583. The van der Waals surface area contributed by atoms with Crippen molar-refractivity contribution < 1.29 is 9.84 Å². The molecule has 1 saturated heterocycles. The molecule has 1 aliphatic rings. The van der Waals surface area contributed by atoms with Gasteiger partial charge >= 0.3 is 0 Å². The Hall–Kier alpha value is -0.550. The molecule has 1 N–H and O–H groups in total. The van der Waals surface area contributed by atoms with Gasteiger partial charge in [-0.15, -0.1) is 24.8 Å². The molecule has 0 radical (unpaired) electrons. The van der Waals surface area contributed by atoms with Crippen molar-refractivity contribution >= 4 is 24.8 Å². The lowest BCUT2D eigenvalue weighted by molar-refractivity contribution is 0.197. The van der Waals surface area contributed by atoms with Crippen LogP contribution in [0, 0.1) is 0 Å². The number of likely N-dealkylation sites (tertiary alicyclic amines) is 1. The lowest BCUT2D eigenvalue weighted by atomic mass is 10.2. The van der Waals surface area contributed by atoms with E-state index in [2.05, 4.69) is 16.9 Å². The quantitative estimate of drug-likeness (QED) is 0.921. The van der Waals surface area contributed by atoms with E-state index < -0.39 is 0 Å².